The number of nitrogens with zero attached hydrogens (tertiary/aromatic N) is 5. The second kappa shape index (κ2) is 8.65. The maximum atomic E-state index is 6.38. The first-order chi connectivity index (χ1) is 14.3. The second-order valence-corrected chi connectivity index (χ2v) is 9.70. The molecular formula is C22H27ClN6S. The van der Waals surface area contributed by atoms with Crippen molar-refractivity contribution < 1.29 is 0 Å². The maximum absolute atomic E-state index is 6.38. The number of aromatic nitrogens is 4. The first kappa shape index (κ1) is 21.3. The quantitative estimate of drug-likeness (QED) is 0.603. The van der Waals surface area contributed by atoms with Gasteiger partial charge in [0.1, 0.15) is 16.4 Å². The van der Waals surface area contributed by atoms with E-state index in [2.05, 4.69) is 40.6 Å². The number of hydrogen-bond acceptors (Lipinski definition) is 7. The number of fused-ring (bicyclic) bond motifs is 1. The third-order valence-electron chi connectivity index (χ3n) is 5.82. The van der Waals surface area contributed by atoms with Crippen LogP contribution in [0.25, 0.3) is 11.2 Å². The van der Waals surface area contributed by atoms with Crippen molar-refractivity contribution in [1.82, 2.24) is 19.9 Å². The van der Waals surface area contributed by atoms with Crippen LogP contribution in [0.2, 0.25) is 5.02 Å². The van der Waals surface area contributed by atoms with Gasteiger partial charge < -0.3 is 10.6 Å². The van der Waals surface area contributed by atoms with Crippen LogP contribution in [-0.4, -0.2) is 38.1 Å². The molecule has 0 saturated carbocycles. The minimum Gasteiger partial charge on any atom is -0.349 e. The minimum atomic E-state index is 0.160. The number of pyridine rings is 2. The van der Waals surface area contributed by atoms with Gasteiger partial charge in [0.05, 0.1) is 16.9 Å². The number of rotatable bonds is 5. The van der Waals surface area contributed by atoms with E-state index in [1.54, 1.807) is 6.20 Å². The van der Waals surface area contributed by atoms with E-state index in [0.29, 0.717) is 28.7 Å². The molecule has 158 valence electrons. The summed E-state index contributed by atoms with van der Waals surface area (Å²) in [5, 5.41) is 1.48. The average molecular weight is 443 g/mol. The molecule has 3 aromatic heterocycles. The number of nitrogens with two attached hydrogens (primary N) is 1. The predicted octanol–water partition coefficient (Wildman–Crippen LogP) is 4.87. The Balaban J connectivity index is 1.62. The van der Waals surface area contributed by atoms with Crippen LogP contribution < -0.4 is 10.6 Å². The van der Waals surface area contributed by atoms with Crippen molar-refractivity contribution in [3.8, 4) is 0 Å². The molecule has 1 aliphatic rings. The minimum absolute atomic E-state index is 0.160. The van der Waals surface area contributed by atoms with Crippen molar-refractivity contribution in [2.45, 2.75) is 68.6 Å². The molecular weight excluding hydrogens is 416 g/mol. The fourth-order valence-corrected chi connectivity index (χ4v) is 5.24. The molecule has 2 N–H and O–H groups in total. The van der Waals surface area contributed by atoms with Gasteiger partial charge in [-0.05, 0) is 57.7 Å². The number of halogens is 1. The van der Waals surface area contributed by atoms with Crippen LogP contribution in [0.3, 0.4) is 0 Å². The topological polar surface area (TPSA) is 80.8 Å². The largest absolute Gasteiger partial charge is 0.349 e. The first-order valence-corrected chi connectivity index (χ1v) is 11.5. The van der Waals surface area contributed by atoms with Crippen LogP contribution in [0.1, 0.15) is 39.3 Å². The SMILES string of the molecule is Cc1nccc(Sc2ccc3nc(N4C(CC(C)N)C[C@H](C)C4C)cnc3n2)c1Cl. The van der Waals surface area contributed by atoms with Gasteiger partial charge >= 0.3 is 0 Å². The molecule has 8 heteroatoms. The Morgan fingerprint density at radius 3 is 2.80 bits per heavy atom. The van der Waals surface area contributed by atoms with Crippen molar-refractivity contribution in [3.63, 3.8) is 0 Å². The highest BCUT2D eigenvalue weighted by Gasteiger charge is 2.37. The zero-order valence-electron chi connectivity index (χ0n) is 17.7. The molecule has 30 heavy (non-hydrogen) atoms. The van der Waals surface area contributed by atoms with Gasteiger partial charge in [0.25, 0.3) is 0 Å². The molecule has 6 nitrogen and oxygen atoms in total. The normalized spacial score (nSPS) is 22.6. The lowest BCUT2D eigenvalue weighted by Crippen LogP contribution is -2.39. The third-order valence-corrected chi connectivity index (χ3v) is 7.40. The highest BCUT2D eigenvalue weighted by atomic mass is 35.5. The number of anilines is 1. The lowest BCUT2D eigenvalue weighted by molar-refractivity contribution is 0.518. The van der Waals surface area contributed by atoms with E-state index in [4.69, 9.17) is 22.3 Å². The molecule has 1 aliphatic heterocycles. The van der Waals surface area contributed by atoms with Crippen molar-refractivity contribution in [3.05, 3.63) is 41.3 Å². The monoisotopic (exact) mass is 442 g/mol. The highest BCUT2D eigenvalue weighted by Crippen LogP contribution is 2.36. The molecule has 0 bridgehead atoms. The molecule has 1 saturated heterocycles. The molecule has 0 aromatic carbocycles. The highest BCUT2D eigenvalue weighted by molar-refractivity contribution is 7.99. The van der Waals surface area contributed by atoms with E-state index in [-0.39, 0.29) is 6.04 Å². The van der Waals surface area contributed by atoms with Gasteiger partial charge in [-0.2, -0.15) is 0 Å². The summed E-state index contributed by atoms with van der Waals surface area (Å²) in [6.45, 7) is 8.52. The Morgan fingerprint density at radius 1 is 1.23 bits per heavy atom. The van der Waals surface area contributed by atoms with Gasteiger partial charge in [0, 0.05) is 29.2 Å². The zero-order valence-corrected chi connectivity index (χ0v) is 19.3. The smallest absolute Gasteiger partial charge is 0.179 e. The van der Waals surface area contributed by atoms with Crippen molar-refractivity contribution >= 4 is 40.3 Å². The summed E-state index contributed by atoms with van der Waals surface area (Å²) in [6.07, 6.45) is 5.68. The van der Waals surface area contributed by atoms with Crippen molar-refractivity contribution in [2.75, 3.05) is 4.90 Å². The van der Waals surface area contributed by atoms with Crippen LogP contribution in [0.15, 0.2) is 40.5 Å². The fraction of sp³-hybridized carbons (Fsp3) is 0.455. The van der Waals surface area contributed by atoms with Crippen LogP contribution in [0.5, 0.6) is 0 Å². The molecule has 1 fully saturated rings. The van der Waals surface area contributed by atoms with Crippen molar-refractivity contribution in [1.29, 1.82) is 0 Å². The average Bonchev–Trinajstić information content (AvgIpc) is 2.97. The number of aryl methyl sites for hydroxylation is 1. The summed E-state index contributed by atoms with van der Waals surface area (Å²) < 4.78 is 0. The van der Waals surface area contributed by atoms with Crippen LogP contribution in [0, 0.1) is 12.8 Å². The van der Waals surface area contributed by atoms with E-state index in [0.717, 1.165) is 39.8 Å². The summed E-state index contributed by atoms with van der Waals surface area (Å²) in [7, 11) is 0. The standard InChI is InChI=1S/C22H27ClN6S/c1-12-9-16(10-13(2)24)29(15(12)4)19-11-26-22-17(27-19)5-6-20(28-22)30-18-7-8-25-14(3)21(18)23/h5-8,11-13,15-16H,9-10,24H2,1-4H3/t12-,13?,15?,16?/m0/s1. The van der Waals surface area contributed by atoms with E-state index in [1.165, 1.54) is 11.8 Å². The molecule has 0 spiro atoms. The first-order valence-electron chi connectivity index (χ1n) is 10.3. The van der Waals surface area contributed by atoms with Crippen LogP contribution in [0.4, 0.5) is 5.82 Å². The Labute approximate surface area is 186 Å². The summed E-state index contributed by atoms with van der Waals surface area (Å²) >= 11 is 7.88. The summed E-state index contributed by atoms with van der Waals surface area (Å²) in [6, 6.07) is 6.80. The second-order valence-electron chi connectivity index (χ2n) is 8.26. The Morgan fingerprint density at radius 2 is 2.03 bits per heavy atom. The lowest BCUT2D eigenvalue weighted by Gasteiger charge is -2.31. The molecule has 0 amide bonds. The van der Waals surface area contributed by atoms with E-state index < -0.39 is 0 Å². The molecule has 4 rings (SSSR count). The Kier molecular flexibility index (Phi) is 6.14. The fourth-order valence-electron chi connectivity index (χ4n) is 4.16. The van der Waals surface area contributed by atoms with Gasteiger partial charge in [0.15, 0.2) is 5.65 Å². The van der Waals surface area contributed by atoms with Gasteiger partial charge in [-0.1, -0.05) is 30.3 Å². The lowest BCUT2D eigenvalue weighted by atomic mass is 10.0. The summed E-state index contributed by atoms with van der Waals surface area (Å²) in [4.78, 5) is 21.7. The molecule has 0 radical (unpaired) electrons. The van der Waals surface area contributed by atoms with E-state index in [1.807, 2.05) is 31.3 Å². The van der Waals surface area contributed by atoms with Gasteiger partial charge in [-0.15, -0.1) is 0 Å². The van der Waals surface area contributed by atoms with Crippen LogP contribution in [-0.2, 0) is 0 Å². The van der Waals surface area contributed by atoms with Crippen molar-refractivity contribution in [2.24, 2.45) is 11.7 Å². The number of hydrogen-bond donors (Lipinski definition) is 1. The molecule has 3 unspecified atom stereocenters. The summed E-state index contributed by atoms with van der Waals surface area (Å²) in [5.41, 5.74) is 8.34. The Bertz CT molecular complexity index is 1060. The van der Waals surface area contributed by atoms with E-state index in [9.17, 15) is 0 Å². The maximum Gasteiger partial charge on any atom is 0.179 e. The molecule has 4 heterocycles. The van der Waals surface area contributed by atoms with Gasteiger partial charge in [-0.3, -0.25) is 4.98 Å². The van der Waals surface area contributed by atoms with E-state index >= 15 is 0 Å². The van der Waals surface area contributed by atoms with Gasteiger partial charge in [0.2, 0.25) is 0 Å². The van der Waals surface area contributed by atoms with Gasteiger partial charge in [-0.25, -0.2) is 15.0 Å². The third kappa shape index (κ3) is 4.24. The van der Waals surface area contributed by atoms with Crippen LogP contribution >= 0.6 is 23.4 Å². The molecule has 3 aromatic rings. The Hall–Kier alpha value is -1.96. The molecule has 4 atom stereocenters. The summed E-state index contributed by atoms with van der Waals surface area (Å²) in [5.74, 6) is 1.50. The molecule has 0 aliphatic carbocycles. The zero-order chi connectivity index (χ0) is 21.4. The predicted molar refractivity (Wildman–Crippen MR) is 123 cm³/mol.